The second kappa shape index (κ2) is 7.65. The molecule has 6 rings (SSSR count). The van der Waals surface area contributed by atoms with Crippen molar-refractivity contribution < 1.29 is 0 Å². The first kappa shape index (κ1) is 18.8. The van der Waals surface area contributed by atoms with Gasteiger partial charge in [-0.05, 0) is 54.9 Å². The topological polar surface area (TPSA) is 77.9 Å². The van der Waals surface area contributed by atoms with Gasteiger partial charge in [0.05, 0.1) is 17.3 Å². The SMILES string of the molecule is CN1CCN(c2ccc(Nc3ncc4cnn(-c5ccc6cc[nH]c6c5)c4n3)cc2)CC1. The van der Waals surface area contributed by atoms with Gasteiger partial charge in [-0.3, -0.25) is 0 Å². The van der Waals surface area contributed by atoms with Crippen LogP contribution < -0.4 is 10.2 Å². The fourth-order valence-corrected chi connectivity index (χ4v) is 4.18. The molecule has 160 valence electrons. The Morgan fingerprint density at radius 1 is 0.875 bits per heavy atom. The number of nitrogens with one attached hydrogen (secondary N) is 2. The minimum atomic E-state index is 0.549. The van der Waals surface area contributed by atoms with Crippen LogP contribution in [0.1, 0.15) is 0 Å². The van der Waals surface area contributed by atoms with Crippen molar-refractivity contribution in [2.45, 2.75) is 0 Å². The molecule has 5 aromatic rings. The number of aromatic nitrogens is 5. The lowest BCUT2D eigenvalue weighted by Gasteiger charge is -2.34. The number of likely N-dealkylation sites (N-methyl/N-ethyl adjacent to an activating group) is 1. The first-order chi connectivity index (χ1) is 15.7. The van der Waals surface area contributed by atoms with Gasteiger partial charge >= 0.3 is 0 Å². The van der Waals surface area contributed by atoms with Gasteiger partial charge in [0.2, 0.25) is 5.95 Å². The van der Waals surface area contributed by atoms with Crippen molar-refractivity contribution >= 4 is 39.3 Å². The van der Waals surface area contributed by atoms with E-state index in [1.807, 2.05) is 10.9 Å². The maximum absolute atomic E-state index is 4.75. The van der Waals surface area contributed by atoms with Gasteiger partial charge in [-0.2, -0.15) is 10.1 Å². The molecule has 8 nitrogen and oxygen atoms in total. The third-order valence-corrected chi connectivity index (χ3v) is 6.08. The summed E-state index contributed by atoms with van der Waals surface area (Å²) < 4.78 is 1.85. The molecular weight excluding hydrogens is 400 g/mol. The van der Waals surface area contributed by atoms with E-state index in [4.69, 9.17) is 4.98 Å². The molecule has 3 aromatic heterocycles. The number of piperazine rings is 1. The van der Waals surface area contributed by atoms with Crippen LogP contribution in [0.2, 0.25) is 0 Å². The van der Waals surface area contributed by atoms with Crippen LogP contribution in [0.3, 0.4) is 0 Å². The van der Waals surface area contributed by atoms with Gasteiger partial charge in [0.25, 0.3) is 0 Å². The van der Waals surface area contributed by atoms with E-state index in [0.29, 0.717) is 5.95 Å². The molecule has 0 radical (unpaired) electrons. The Labute approximate surface area is 185 Å². The van der Waals surface area contributed by atoms with Crippen molar-refractivity contribution in [1.82, 2.24) is 29.6 Å². The lowest BCUT2D eigenvalue weighted by molar-refractivity contribution is 0.313. The van der Waals surface area contributed by atoms with Gasteiger partial charge in [-0.15, -0.1) is 0 Å². The standard InChI is InChI=1S/C24H24N8/c1-30-10-12-31(13-11-30)20-6-3-19(4-7-20)28-24-26-15-18-16-27-32(23(18)29-24)21-5-2-17-8-9-25-22(17)14-21/h2-9,14-16,25H,10-13H2,1H3,(H,26,28,29). The molecule has 4 heterocycles. The van der Waals surface area contributed by atoms with Crippen molar-refractivity contribution in [3.63, 3.8) is 0 Å². The van der Waals surface area contributed by atoms with Crippen LogP contribution in [0.5, 0.6) is 0 Å². The predicted octanol–water partition coefficient (Wildman–Crippen LogP) is 3.79. The zero-order valence-electron chi connectivity index (χ0n) is 17.9. The Balaban J connectivity index is 1.25. The number of H-pyrrole nitrogens is 1. The summed E-state index contributed by atoms with van der Waals surface area (Å²) in [6.45, 7) is 4.30. The third kappa shape index (κ3) is 3.44. The summed E-state index contributed by atoms with van der Waals surface area (Å²) in [5.41, 5.74) is 5.00. The van der Waals surface area contributed by atoms with E-state index in [-0.39, 0.29) is 0 Å². The van der Waals surface area contributed by atoms with E-state index in [9.17, 15) is 0 Å². The number of nitrogens with zero attached hydrogens (tertiary/aromatic N) is 6. The van der Waals surface area contributed by atoms with E-state index in [2.05, 4.69) is 85.8 Å². The summed E-state index contributed by atoms with van der Waals surface area (Å²) >= 11 is 0. The van der Waals surface area contributed by atoms with E-state index < -0.39 is 0 Å². The summed E-state index contributed by atoms with van der Waals surface area (Å²) in [6, 6.07) is 16.7. The Bertz CT molecular complexity index is 1380. The van der Waals surface area contributed by atoms with E-state index in [1.165, 1.54) is 11.1 Å². The normalized spacial score (nSPS) is 15.0. The zero-order chi connectivity index (χ0) is 21.5. The molecule has 0 bridgehead atoms. The highest BCUT2D eigenvalue weighted by Gasteiger charge is 2.14. The molecule has 1 fully saturated rings. The second-order valence-corrected chi connectivity index (χ2v) is 8.24. The van der Waals surface area contributed by atoms with Crippen LogP contribution in [0.25, 0.3) is 27.6 Å². The highest BCUT2D eigenvalue weighted by Crippen LogP contribution is 2.24. The highest BCUT2D eigenvalue weighted by atomic mass is 15.3. The molecule has 1 aliphatic heterocycles. The molecule has 0 amide bonds. The maximum atomic E-state index is 4.75. The number of fused-ring (bicyclic) bond motifs is 2. The summed E-state index contributed by atoms with van der Waals surface area (Å²) in [4.78, 5) is 17.3. The minimum Gasteiger partial charge on any atom is -0.369 e. The first-order valence-electron chi connectivity index (χ1n) is 10.8. The number of aromatic amines is 1. The average molecular weight is 425 g/mol. The number of benzene rings is 2. The largest absolute Gasteiger partial charge is 0.369 e. The smallest absolute Gasteiger partial charge is 0.229 e. The number of hydrogen-bond donors (Lipinski definition) is 2. The molecular formula is C24H24N8. The maximum Gasteiger partial charge on any atom is 0.229 e. The molecule has 8 heteroatoms. The van der Waals surface area contributed by atoms with Gasteiger partial charge in [-0.25, -0.2) is 9.67 Å². The fraction of sp³-hybridized carbons (Fsp3) is 0.208. The van der Waals surface area contributed by atoms with Crippen molar-refractivity contribution in [3.05, 3.63) is 67.1 Å². The molecule has 0 spiro atoms. The monoisotopic (exact) mass is 424 g/mol. The lowest BCUT2D eigenvalue weighted by Crippen LogP contribution is -2.44. The van der Waals surface area contributed by atoms with Gasteiger partial charge in [-0.1, -0.05) is 6.07 Å². The van der Waals surface area contributed by atoms with Crippen LogP contribution in [0.15, 0.2) is 67.1 Å². The van der Waals surface area contributed by atoms with Crippen LogP contribution in [0.4, 0.5) is 17.3 Å². The molecule has 0 unspecified atom stereocenters. The highest BCUT2D eigenvalue weighted by molar-refractivity contribution is 5.83. The molecule has 32 heavy (non-hydrogen) atoms. The van der Waals surface area contributed by atoms with E-state index in [0.717, 1.165) is 54.1 Å². The summed E-state index contributed by atoms with van der Waals surface area (Å²) in [7, 11) is 2.17. The van der Waals surface area contributed by atoms with Crippen LogP contribution in [0, 0.1) is 0 Å². The van der Waals surface area contributed by atoms with E-state index in [1.54, 1.807) is 12.4 Å². The van der Waals surface area contributed by atoms with Gasteiger partial charge in [0.15, 0.2) is 5.65 Å². The number of anilines is 3. The molecule has 0 aliphatic carbocycles. The minimum absolute atomic E-state index is 0.549. The van der Waals surface area contributed by atoms with Crippen molar-refractivity contribution in [3.8, 4) is 5.69 Å². The Hall–Kier alpha value is -3.91. The van der Waals surface area contributed by atoms with Crippen molar-refractivity contribution in [2.24, 2.45) is 0 Å². The third-order valence-electron chi connectivity index (χ3n) is 6.08. The number of rotatable bonds is 4. The fourth-order valence-electron chi connectivity index (χ4n) is 4.18. The van der Waals surface area contributed by atoms with Crippen LogP contribution in [-0.4, -0.2) is 62.9 Å². The molecule has 1 saturated heterocycles. The second-order valence-electron chi connectivity index (χ2n) is 8.24. The van der Waals surface area contributed by atoms with Gasteiger partial charge < -0.3 is 20.1 Å². The molecule has 0 saturated carbocycles. The quantitative estimate of drug-likeness (QED) is 0.457. The van der Waals surface area contributed by atoms with E-state index >= 15 is 0 Å². The summed E-state index contributed by atoms with van der Waals surface area (Å²) in [5, 5.41) is 9.93. The summed E-state index contributed by atoms with van der Waals surface area (Å²) in [5.74, 6) is 0.549. The Kier molecular flexibility index (Phi) is 4.50. The molecule has 1 aliphatic rings. The Morgan fingerprint density at radius 2 is 1.69 bits per heavy atom. The van der Waals surface area contributed by atoms with Crippen LogP contribution >= 0.6 is 0 Å². The van der Waals surface area contributed by atoms with Gasteiger partial charge in [0, 0.05) is 55.5 Å². The number of hydrogen-bond acceptors (Lipinski definition) is 6. The zero-order valence-corrected chi connectivity index (χ0v) is 17.9. The molecule has 0 atom stereocenters. The summed E-state index contributed by atoms with van der Waals surface area (Å²) in [6.07, 6.45) is 5.54. The average Bonchev–Trinajstić information content (AvgIpc) is 3.46. The Morgan fingerprint density at radius 3 is 2.53 bits per heavy atom. The predicted molar refractivity (Wildman–Crippen MR) is 128 cm³/mol. The van der Waals surface area contributed by atoms with Crippen LogP contribution in [-0.2, 0) is 0 Å². The first-order valence-corrected chi connectivity index (χ1v) is 10.8. The van der Waals surface area contributed by atoms with Gasteiger partial charge in [0.1, 0.15) is 0 Å². The molecule has 2 N–H and O–H groups in total. The van der Waals surface area contributed by atoms with Crippen molar-refractivity contribution in [2.75, 3.05) is 43.4 Å². The lowest BCUT2D eigenvalue weighted by atomic mass is 10.2. The van der Waals surface area contributed by atoms with Crippen molar-refractivity contribution in [1.29, 1.82) is 0 Å². The molecule has 2 aromatic carbocycles.